The molecule has 156 valence electrons. The Hall–Kier alpha value is -1.24. The van der Waals surface area contributed by atoms with Crippen molar-refractivity contribution in [3.63, 3.8) is 0 Å². The van der Waals surface area contributed by atoms with E-state index in [0.717, 1.165) is 43.8 Å². The van der Waals surface area contributed by atoms with Crippen molar-refractivity contribution in [1.82, 2.24) is 10.6 Å². The van der Waals surface area contributed by atoms with Gasteiger partial charge in [-0.2, -0.15) is 11.8 Å². The summed E-state index contributed by atoms with van der Waals surface area (Å²) in [5.41, 5.74) is 2.48. The number of nitrogens with one attached hydrogen (secondary N) is 2. The van der Waals surface area contributed by atoms with Gasteiger partial charge in [-0.25, -0.2) is 0 Å². The van der Waals surface area contributed by atoms with Crippen LogP contribution in [0.25, 0.3) is 0 Å². The molecule has 6 heteroatoms. The smallest absolute Gasteiger partial charge is 0.191 e. The molecule has 1 saturated carbocycles. The fraction of sp³-hybridized carbons (Fsp3) is 0.682. The summed E-state index contributed by atoms with van der Waals surface area (Å²) < 4.78 is 11.4. The number of aliphatic imine (C=N–C) groups is 1. The minimum absolute atomic E-state index is 0.333. The number of thioether (sulfide) groups is 1. The largest absolute Gasteiger partial charge is 0.381 e. The summed E-state index contributed by atoms with van der Waals surface area (Å²) in [7, 11) is 1.85. The highest BCUT2D eigenvalue weighted by molar-refractivity contribution is 7.99. The monoisotopic (exact) mass is 405 g/mol. The van der Waals surface area contributed by atoms with Crippen molar-refractivity contribution in [2.45, 2.75) is 69.1 Å². The molecule has 0 aromatic heterocycles. The second-order valence-corrected chi connectivity index (χ2v) is 8.87. The van der Waals surface area contributed by atoms with Gasteiger partial charge in [0.05, 0.1) is 12.7 Å². The van der Waals surface area contributed by atoms with Gasteiger partial charge < -0.3 is 20.1 Å². The zero-order valence-electron chi connectivity index (χ0n) is 17.3. The lowest BCUT2D eigenvalue weighted by atomic mass is 9.95. The second-order valence-electron chi connectivity index (χ2n) is 7.73. The Labute approximate surface area is 174 Å². The molecule has 2 unspecified atom stereocenters. The van der Waals surface area contributed by atoms with E-state index in [9.17, 15) is 0 Å². The molecule has 2 fully saturated rings. The normalized spacial score (nSPS) is 24.1. The molecule has 2 atom stereocenters. The molecular weight excluding hydrogens is 370 g/mol. The predicted octanol–water partition coefficient (Wildman–Crippen LogP) is 3.72. The van der Waals surface area contributed by atoms with E-state index in [1.807, 2.05) is 18.8 Å². The van der Waals surface area contributed by atoms with Gasteiger partial charge in [-0.1, -0.05) is 30.7 Å². The molecule has 1 aliphatic heterocycles. The van der Waals surface area contributed by atoms with Crippen LogP contribution in [0.1, 0.15) is 49.7 Å². The van der Waals surface area contributed by atoms with Crippen LogP contribution in [-0.4, -0.2) is 49.9 Å². The van der Waals surface area contributed by atoms with Gasteiger partial charge in [0, 0.05) is 38.1 Å². The predicted molar refractivity (Wildman–Crippen MR) is 118 cm³/mol. The van der Waals surface area contributed by atoms with E-state index in [-0.39, 0.29) is 0 Å². The van der Waals surface area contributed by atoms with Gasteiger partial charge in [0.1, 0.15) is 0 Å². The molecule has 0 amide bonds. The molecule has 2 aliphatic rings. The molecule has 1 heterocycles. The van der Waals surface area contributed by atoms with Crippen LogP contribution in [0.2, 0.25) is 0 Å². The minimum Gasteiger partial charge on any atom is -0.381 e. The van der Waals surface area contributed by atoms with Crippen LogP contribution in [-0.2, 0) is 22.6 Å². The first kappa shape index (κ1) is 21.5. The van der Waals surface area contributed by atoms with Crippen molar-refractivity contribution in [3.8, 4) is 0 Å². The van der Waals surface area contributed by atoms with E-state index in [0.29, 0.717) is 18.8 Å². The maximum atomic E-state index is 6.05. The maximum absolute atomic E-state index is 6.05. The summed E-state index contributed by atoms with van der Waals surface area (Å²) in [5, 5.41) is 7.86. The number of hydrogen-bond acceptors (Lipinski definition) is 4. The Kier molecular flexibility index (Phi) is 8.96. The topological polar surface area (TPSA) is 54.9 Å². The highest BCUT2D eigenvalue weighted by Crippen LogP contribution is 2.26. The molecule has 1 saturated heterocycles. The number of nitrogens with zero attached hydrogens (tertiary/aromatic N) is 1. The van der Waals surface area contributed by atoms with Crippen molar-refractivity contribution in [1.29, 1.82) is 0 Å². The Balaban J connectivity index is 1.45. The van der Waals surface area contributed by atoms with Crippen LogP contribution >= 0.6 is 11.8 Å². The van der Waals surface area contributed by atoms with Gasteiger partial charge in [0.2, 0.25) is 0 Å². The highest BCUT2D eigenvalue weighted by atomic mass is 32.2. The molecular formula is C22H35N3O2S. The molecule has 1 aromatic carbocycles. The van der Waals surface area contributed by atoms with Gasteiger partial charge in [0.25, 0.3) is 0 Å². The molecule has 1 aliphatic carbocycles. The van der Waals surface area contributed by atoms with Gasteiger partial charge in [0.15, 0.2) is 5.96 Å². The molecule has 28 heavy (non-hydrogen) atoms. The van der Waals surface area contributed by atoms with Crippen LogP contribution in [0, 0.1) is 0 Å². The number of guanidine groups is 1. The molecule has 0 spiro atoms. The fourth-order valence-electron chi connectivity index (χ4n) is 3.95. The highest BCUT2D eigenvalue weighted by Gasteiger charge is 2.21. The van der Waals surface area contributed by atoms with Crippen LogP contribution in [0.5, 0.6) is 0 Å². The summed E-state index contributed by atoms with van der Waals surface area (Å²) in [4.78, 5) is 4.42. The maximum Gasteiger partial charge on any atom is 0.191 e. The van der Waals surface area contributed by atoms with E-state index >= 15 is 0 Å². The summed E-state index contributed by atoms with van der Waals surface area (Å²) >= 11 is 1.99. The lowest BCUT2D eigenvalue weighted by Gasteiger charge is -2.29. The standard InChI is InChI=1S/C22H35N3O2S/c1-23-22(25-19-7-4-8-21(14-19)28-2)24-15-17-5-3-6-18(13-17)16-27-20-9-11-26-12-10-20/h3,5-6,13,19-21H,4,7-12,14-16H2,1-2H3,(H2,23,24,25). The van der Waals surface area contributed by atoms with E-state index < -0.39 is 0 Å². The van der Waals surface area contributed by atoms with Crippen LogP contribution in [0.4, 0.5) is 0 Å². The van der Waals surface area contributed by atoms with Gasteiger partial charge in [-0.15, -0.1) is 0 Å². The number of ether oxygens (including phenoxy) is 2. The van der Waals surface area contributed by atoms with E-state index in [1.165, 1.54) is 36.8 Å². The summed E-state index contributed by atoms with van der Waals surface area (Å²) in [6.07, 6.45) is 9.66. The first-order chi connectivity index (χ1) is 13.8. The van der Waals surface area contributed by atoms with Crippen molar-refractivity contribution < 1.29 is 9.47 Å². The van der Waals surface area contributed by atoms with Crippen molar-refractivity contribution in [2.75, 3.05) is 26.5 Å². The second kappa shape index (κ2) is 11.7. The Morgan fingerprint density at radius 3 is 2.82 bits per heavy atom. The third-order valence-corrected chi connectivity index (χ3v) is 6.72. The average Bonchev–Trinajstić information content (AvgIpc) is 2.76. The van der Waals surface area contributed by atoms with Crippen LogP contribution in [0.3, 0.4) is 0 Å². The Morgan fingerprint density at radius 2 is 2.04 bits per heavy atom. The van der Waals surface area contributed by atoms with Gasteiger partial charge in [-0.3, -0.25) is 4.99 Å². The molecule has 5 nitrogen and oxygen atoms in total. The molecule has 2 N–H and O–H groups in total. The number of rotatable bonds is 7. The number of benzene rings is 1. The number of hydrogen-bond donors (Lipinski definition) is 2. The first-order valence-corrected chi connectivity index (χ1v) is 11.8. The molecule has 3 rings (SSSR count). The summed E-state index contributed by atoms with van der Waals surface area (Å²) in [6, 6.07) is 9.16. The van der Waals surface area contributed by atoms with E-state index in [2.05, 4.69) is 46.1 Å². The summed E-state index contributed by atoms with van der Waals surface area (Å²) in [5.74, 6) is 0.899. The van der Waals surface area contributed by atoms with E-state index in [1.54, 1.807) is 0 Å². The molecule has 0 bridgehead atoms. The van der Waals surface area contributed by atoms with Crippen molar-refractivity contribution in [2.24, 2.45) is 4.99 Å². The van der Waals surface area contributed by atoms with Crippen LogP contribution < -0.4 is 10.6 Å². The summed E-state index contributed by atoms with van der Waals surface area (Å²) in [6.45, 7) is 3.08. The lowest BCUT2D eigenvalue weighted by Crippen LogP contribution is -2.45. The Bertz CT molecular complexity index is 620. The average molecular weight is 406 g/mol. The van der Waals surface area contributed by atoms with Gasteiger partial charge in [-0.05, 0) is 49.5 Å². The van der Waals surface area contributed by atoms with E-state index in [4.69, 9.17) is 9.47 Å². The molecule has 1 aromatic rings. The third kappa shape index (κ3) is 6.98. The van der Waals surface area contributed by atoms with Crippen LogP contribution in [0.15, 0.2) is 29.3 Å². The van der Waals surface area contributed by atoms with Crippen molar-refractivity contribution in [3.05, 3.63) is 35.4 Å². The SMILES string of the molecule is CN=C(NCc1cccc(COC2CCOCC2)c1)NC1CCCC(SC)C1. The Morgan fingerprint density at radius 1 is 1.21 bits per heavy atom. The molecule has 0 radical (unpaired) electrons. The fourth-order valence-corrected chi connectivity index (χ4v) is 4.78. The minimum atomic E-state index is 0.333. The lowest BCUT2D eigenvalue weighted by molar-refractivity contribution is -0.0390. The zero-order chi connectivity index (χ0) is 19.6. The van der Waals surface area contributed by atoms with Crippen molar-refractivity contribution >= 4 is 17.7 Å². The first-order valence-electron chi connectivity index (χ1n) is 10.5. The third-order valence-electron chi connectivity index (χ3n) is 5.63. The van der Waals surface area contributed by atoms with Gasteiger partial charge >= 0.3 is 0 Å². The zero-order valence-corrected chi connectivity index (χ0v) is 18.1. The quantitative estimate of drug-likeness (QED) is 0.535.